The van der Waals surface area contributed by atoms with Crippen molar-refractivity contribution < 1.29 is 4.79 Å². The molecule has 0 radical (unpaired) electrons. The summed E-state index contributed by atoms with van der Waals surface area (Å²) in [6.45, 7) is 0.563. The predicted octanol–water partition coefficient (Wildman–Crippen LogP) is 3.97. The normalized spacial score (nSPS) is 10.2. The van der Waals surface area contributed by atoms with E-state index in [1.165, 1.54) is 0 Å². The number of hydrogen-bond acceptors (Lipinski definition) is 2. The smallest absolute Gasteiger partial charge is 0.251 e. The molecule has 1 amide bonds. The number of hydrogen-bond donors (Lipinski definition) is 2. The molecule has 0 bridgehead atoms. The van der Waals surface area contributed by atoms with E-state index in [-0.39, 0.29) is 5.91 Å². The molecule has 0 heterocycles. The van der Waals surface area contributed by atoms with E-state index >= 15 is 0 Å². The van der Waals surface area contributed by atoms with Crippen LogP contribution in [0, 0.1) is 0 Å². The van der Waals surface area contributed by atoms with Gasteiger partial charge in [-0.25, -0.2) is 0 Å². The highest BCUT2D eigenvalue weighted by atomic mass is 35.5. The van der Waals surface area contributed by atoms with Gasteiger partial charge >= 0.3 is 0 Å². The standard InChI is InChI=1S/C15H14Cl2N2O/c1-18-15(20)10-3-2-4-13(7-10)19-9-11-5-6-12(16)8-14(11)17/h2-8,19H,9H2,1H3,(H,18,20). The molecule has 104 valence electrons. The van der Waals surface area contributed by atoms with Crippen LogP contribution in [0.2, 0.25) is 10.0 Å². The van der Waals surface area contributed by atoms with Crippen molar-refractivity contribution >= 4 is 34.8 Å². The fourth-order valence-corrected chi connectivity index (χ4v) is 2.25. The van der Waals surface area contributed by atoms with Crippen molar-refractivity contribution in [2.75, 3.05) is 12.4 Å². The van der Waals surface area contributed by atoms with Crippen LogP contribution in [-0.2, 0) is 6.54 Å². The van der Waals surface area contributed by atoms with Gasteiger partial charge in [-0.1, -0.05) is 35.3 Å². The van der Waals surface area contributed by atoms with Gasteiger partial charge in [-0.05, 0) is 35.9 Å². The molecule has 0 atom stereocenters. The van der Waals surface area contributed by atoms with Crippen LogP contribution in [0.4, 0.5) is 5.69 Å². The molecule has 0 spiro atoms. The van der Waals surface area contributed by atoms with Crippen molar-refractivity contribution in [1.29, 1.82) is 0 Å². The molecule has 2 rings (SSSR count). The van der Waals surface area contributed by atoms with Crippen molar-refractivity contribution in [2.24, 2.45) is 0 Å². The Hall–Kier alpha value is -1.71. The summed E-state index contributed by atoms with van der Waals surface area (Å²) in [6, 6.07) is 12.7. The van der Waals surface area contributed by atoms with Gasteiger partial charge in [0.25, 0.3) is 5.91 Å². The van der Waals surface area contributed by atoms with Gasteiger partial charge < -0.3 is 10.6 Å². The molecule has 20 heavy (non-hydrogen) atoms. The average Bonchev–Trinajstić information content (AvgIpc) is 2.46. The Balaban J connectivity index is 2.09. The van der Waals surface area contributed by atoms with Crippen molar-refractivity contribution in [3.8, 4) is 0 Å². The fraction of sp³-hybridized carbons (Fsp3) is 0.133. The lowest BCUT2D eigenvalue weighted by Gasteiger charge is -2.09. The summed E-state index contributed by atoms with van der Waals surface area (Å²) in [5.74, 6) is -0.113. The van der Waals surface area contributed by atoms with Gasteiger partial charge in [0, 0.05) is 34.9 Å². The molecule has 5 heteroatoms. The second kappa shape index (κ2) is 6.64. The van der Waals surface area contributed by atoms with E-state index in [1.54, 1.807) is 31.3 Å². The molecule has 0 fully saturated rings. The summed E-state index contributed by atoms with van der Waals surface area (Å²) in [7, 11) is 1.61. The monoisotopic (exact) mass is 308 g/mol. The SMILES string of the molecule is CNC(=O)c1cccc(NCc2ccc(Cl)cc2Cl)c1. The number of carbonyl (C=O) groups is 1. The molecule has 0 saturated carbocycles. The highest BCUT2D eigenvalue weighted by molar-refractivity contribution is 6.35. The number of halogens is 2. The van der Waals surface area contributed by atoms with Gasteiger partial charge in [0.15, 0.2) is 0 Å². The Labute approximate surface area is 127 Å². The molecule has 0 aliphatic heterocycles. The van der Waals surface area contributed by atoms with Crippen LogP contribution in [0.5, 0.6) is 0 Å². The van der Waals surface area contributed by atoms with Crippen LogP contribution in [0.3, 0.4) is 0 Å². The third-order valence-corrected chi connectivity index (χ3v) is 3.44. The van der Waals surface area contributed by atoms with Gasteiger partial charge in [0.2, 0.25) is 0 Å². The predicted molar refractivity (Wildman–Crippen MR) is 83.6 cm³/mol. The average molecular weight is 309 g/mol. The first kappa shape index (κ1) is 14.7. The molecule has 0 saturated heterocycles. The van der Waals surface area contributed by atoms with Crippen LogP contribution in [0.25, 0.3) is 0 Å². The molecular weight excluding hydrogens is 295 g/mol. The van der Waals surface area contributed by atoms with Gasteiger partial charge in [0.1, 0.15) is 0 Å². The number of anilines is 1. The van der Waals surface area contributed by atoms with E-state index in [9.17, 15) is 4.79 Å². The molecule has 0 aliphatic rings. The molecule has 3 nitrogen and oxygen atoms in total. The minimum absolute atomic E-state index is 0.113. The topological polar surface area (TPSA) is 41.1 Å². The van der Waals surface area contributed by atoms with Gasteiger partial charge in [-0.2, -0.15) is 0 Å². The first-order valence-corrected chi connectivity index (χ1v) is 6.85. The maximum Gasteiger partial charge on any atom is 0.251 e. The van der Waals surface area contributed by atoms with Crippen molar-refractivity contribution in [2.45, 2.75) is 6.54 Å². The van der Waals surface area contributed by atoms with Gasteiger partial charge in [-0.15, -0.1) is 0 Å². The van der Waals surface area contributed by atoms with Crippen molar-refractivity contribution in [1.82, 2.24) is 5.32 Å². The summed E-state index contributed by atoms with van der Waals surface area (Å²) < 4.78 is 0. The molecular formula is C15H14Cl2N2O. The van der Waals surface area contributed by atoms with E-state index in [0.717, 1.165) is 11.3 Å². The fourth-order valence-electron chi connectivity index (χ4n) is 1.78. The first-order valence-electron chi connectivity index (χ1n) is 6.10. The summed E-state index contributed by atoms with van der Waals surface area (Å²) in [4.78, 5) is 11.6. The molecule has 2 aromatic rings. The second-order valence-electron chi connectivity index (χ2n) is 4.25. The highest BCUT2D eigenvalue weighted by Gasteiger charge is 2.05. The van der Waals surface area contributed by atoms with Crippen LogP contribution in [-0.4, -0.2) is 13.0 Å². The maximum absolute atomic E-state index is 11.6. The van der Waals surface area contributed by atoms with E-state index in [4.69, 9.17) is 23.2 Å². The number of amides is 1. The van der Waals surface area contributed by atoms with E-state index < -0.39 is 0 Å². The number of rotatable bonds is 4. The van der Waals surface area contributed by atoms with Crippen LogP contribution in [0.1, 0.15) is 15.9 Å². The quantitative estimate of drug-likeness (QED) is 0.897. The maximum atomic E-state index is 11.6. The van der Waals surface area contributed by atoms with Crippen LogP contribution in [0.15, 0.2) is 42.5 Å². The minimum atomic E-state index is -0.113. The molecule has 2 aromatic carbocycles. The molecule has 2 N–H and O–H groups in total. The lowest BCUT2D eigenvalue weighted by atomic mass is 10.1. The van der Waals surface area contributed by atoms with Crippen molar-refractivity contribution in [3.63, 3.8) is 0 Å². The first-order chi connectivity index (χ1) is 9.60. The van der Waals surface area contributed by atoms with Crippen molar-refractivity contribution in [3.05, 3.63) is 63.6 Å². The minimum Gasteiger partial charge on any atom is -0.381 e. The Morgan fingerprint density at radius 3 is 2.65 bits per heavy atom. The van der Waals surface area contributed by atoms with E-state index in [2.05, 4.69) is 10.6 Å². The molecule has 0 aromatic heterocycles. The summed E-state index contributed by atoms with van der Waals surface area (Å²) in [6.07, 6.45) is 0. The lowest BCUT2D eigenvalue weighted by molar-refractivity contribution is 0.0963. The summed E-state index contributed by atoms with van der Waals surface area (Å²) in [5.41, 5.74) is 2.42. The van der Waals surface area contributed by atoms with Gasteiger partial charge in [-0.3, -0.25) is 4.79 Å². The molecule has 0 aliphatic carbocycles. The largest absolute Gasteiger partial charge is 0.381 e. The summed E-state index contributed by atoms with van der Waals surface area (Å²) >= 11 is 12.0. The number of carbonyl (C=O) groups excluding carboxylic acids is 1. The second-order valence-corrected chi connectivity index (χ2v) is 5.09. The van der Waals surface area contributed by atoms with E-state index in [0.29, 0.717) is 22.2 Å². The van der Waals surface area contributed by atoms with Crippen LogP contribution >= 0.6 is 23.2 Å². The van der Waals surface area contributed by atoms with Gasteiger partial charge in [0.05, 0.1) is 0 Å². The Morgan fingerprint density at radius 2 is 1.95 bits per heavy atom. The zero-order valence-electron chi connectivity index (χ0n) is 10.9. The molecule has 0 unspecified atom stereocenters. The zero-order valence-corrected chi connectivity index (χ0v) is 12.4. The third kappa shape index (κ3) is 3.65. The number of nitrogens with one attached hydrogen (secondary N) is 2. The lowest BCUT2D eigenvalue weighted by Crippen LogP contribution is -2.17. The third-order valence-electron chi connectivity index (χ3n) is 2.85. The Morgan fingerprint density at radius 1 is 1.15 bits per heavy atom. The summed E-state index contributed by atoms with van der Waals surface area (Å²) in [5, 5.41) is 7.06. The Kier molecular flexibility index (Phi) is 4.88. The number of benzene rings is 2. The van der Waals surface area contributed by atoms with Crippen LogP contribution < -0.4 is 10.6 Å². The van der Waals surface area contributed by atoms with E-state index in [1.807, 2.05) is 18.2 Å². The zero-order chi connectivity index (χ0) is 14.5. The Bertz CT molecular complexity index is 629. The highest BCUT2D eigenvalue weighted by Crippen LogP contribution is 2.22.